The van der Waals surface area contributed by atoms with Gasteiger partial charge in [0.25, 0.3) is 0 Å². The highest BCUT2D eigenvalue weighted by molar-refractivity contribution is 7.09. The van der Waals surface area contributed by atoms with E-state index in [4.69, 9.17) is 4.98 Å². The summed E-state index contributed by atoms with van der Waals surface area (Å²) < 4.78 is 46.4. The Morgan fingerprint density at radius 1 is 1.22 bits per heavy atom. The van der Waals surface area contributed by atoms with Crippen LogP contribution in [0, 0.1) is 17.2 Å². The molecule has 11 heteroatoms. The number of hydrogen-bond donors (Lipinski definition) is 0. The molecule has 216 valence electrons. The van der Waals surface area contributed by atoms with Crippen LogP contribution in [-0.2, 0) is 33.6 Å². The van der Waals surface area contributed by atoms with Gasteiger partial charge in [-0.3, -0.25) is 4.90 Å². The molecule has 2 heterocycles. The zero-order valence-corrected chi connectivity index (χ0v) is 23.9. The first-order chi connectivity index (χ1) is 19.5. The van der Waals surface area contributed by atoms with E-state index in [2.05, 4.69) is 29.0 Å². The van der Waals surface area contributed by atoms with Gasteiger partial charge in [0.1, 0.15) is 11.0 Å². The third-order valence-electron chi connectivity index (χ3n) is 7.13. The lowest BCUT2D eigenvalue weighted by atomic mass is 9.96. The van der Waals surface area contributed by atoms with Crippen LogP contribution in [-0.4, -0.2) is 51.5 Å². The number of rotatable bonds is 9. The minimum atomic E-state index is -5.21. The average Bonchev–Trinajstić information content (AvgIpc) is 3.61. The van der Waals surface area contributed by atoms with Crippen LogP contribution in [0.25, 0.3) is 22.0 Å². The SMILES string of the molecule is CCc1c(CCN2CCC[C@H]2C(=O)OC(=O)C(F)(F)F)cccc1-c1nsc(-c2ccc(CC(C)C)c(C#N)c2)n1. The molecular formula is C30H31F3N4O3S. The number of nitriles is 1. The van der Waals surface area contributed by atoms with Crippen molar-refractivity contribution in [2.45, 2.75) is 65.1 Å². The summed E-state index contributed by atoms with van der Waals surface area (Å²) in [5.74, 6) is -2.63. The van der Waals surface area contributed by atoms with Gasteiger partial charge in [0.05, 0.1) is 11.6 Å². The van der Waals surface area contributed by atoms with E-state index in [1.165, 1.54) is 11.5 Å². The molecule has 0 aliphatic carbocycles. The summed E-state index contributed by atoms with van der Waals surface area (Å²) in [4.78, 5) is 30.0. The number of likely N-dealkylation sites (tertiary alicyclic amines) is 1. The number of alkyl halides is 3. The minimum Gasteiger partial charge on any atom is -0.385 e. The summed E-state index contributed by atoms with van der Waals surface area (Å²) in [6, 6.07) is 13.1. The Balaban J connectivity index is 1.50. The molecule has 0 radical (unpaired) electrons. The molecule has 0 amide bonds. The van der Waals surface area contributed by atoms with Crippen molar-refractivity contribution in [1.82, 2.24) is 14.3 Å². The fourth-order valence-corrected chi connectivity index (χ4v) is 5.89. The molecule has 1 atom stereocenters. The van der Waals surface area contributed by atoms with Crippen LogP contribution in [0.2, 0.25) is 0 Å². The van der Waals surface area contributed by atoms with E-state index >= 15 is 0 Å². The molecule has 1 aliphatic rings. The van der Waals surface area contributed by atoms with Gasteiger partial charge in [-0.2, -0.15) is 22.8 Å². The van der Waals surface area contributed by atoms with Crippen molar-refractivity contribution in [3.63, 3.8) is 0 Å². The number of esters is 2. The first-order valence-electron chi connectivity index (χ1n) is 13.6. The summed E-state index contributed by atoms with van der Waals surface area (Å²) >= 11 is 1.27. The van der Waals surface area contributed by atoms with Crippen molar-refractivity contribution in [3.8, 4) is 28.0 Å². The highest BCUT2D eigenvalue weighted by Crippen LogP contribution is 2.31. The standard InChI is InChI=1S/C30H31F3N4O3S/c1-4-23-19(12-14-37-13-6-9-25(37)28(38)40-29(39)30(31,32)33)7-5-8-24(23)26-35-27(41-36-26)21-11-10-20(15-18(2)3)22(16-21)17-34/h5,7-8,10-11,16,18,25H,4,6,9,12-15H2,1-3H3/t25-/m0/s1. The smallest absolute Gasteiger partial charge is 0.385 e. The molecule has 0 spiro atoms. The lowest BCUT2D eigenvalue weighted by Gasteiger charge is -2.23. The van der Waals surface area contributed by atoms with E-state index in [9.17, 15) is 28.0 Å². The van der Waals surface area contributed by atoms with E-state index in [0.29, 0.717) is 61.1 Å². The molecule has 1 saturated heterocycles. The second-order valence-electron chi connectivity index (χ2n) is 10.5. The van der Waals surface area contributed by atoms with Gasteiger partial charge in [-0.05, 0) is 78.9 Å². The van der Waals surface area contributed by atoms with Crippen LogP contribution in [0.1, 0.15) is 55.9 Å². The van der Waals surface area contributed by atoms with Crippen LogP contribution in [0.4, 0.5) is 13.2 Å². The van der Waals surface area contributed by atoms with Gasteiger partial charge < -0.3 is 4.74 Å². The van der Waals surface area contributed by atoms with Crippen molar-refractivity contribution in [2.24, 2.45) is 5.92 Å². The summed E-state index contributed by atoms with van der Waals surface area (Å²) in [6.07, 6.45) is -2.18. The summed E-state index contributed by atoms with van der Waals surface area (Å²) in [5, 5.41) is 10.4. The molecule has 3 aromatic rings. The second kappa shape index (κ2) is 12.9. The molecule has 7 nitrogen and oxygen atoms in total. The Labute approximate surface area is 241 Å². The quantitative estimate of drug-likeness (QED) is 0.220. The Morgan fingerprint density at radius 3 is 2.68 bits per heavy atom. The summed E-state index contributed by atoms with van der Waals surface area (Å²) in [5.41, 5.74) is 5.44. The van der Waals surface area contributed by atoms with Crippen LogP contribution < -0.4 is 0 Å². The Bertz CT molecular complexity index is 1460. The topological polar surface area (TPSA) is 96.2 Å². The van der Waals surface area contributed by atoms with Crippen LogP contribution in [0.15, 0.2) is 36.4 Å². The van der Waals surface area contributed by atoms with Crippen molar-refractivity contribution in [2.75, 3.05) is 13.1 Å². The van der Waals surface area contributed by atoms with E-state index < -0.39 is 24.2 Å². The third-order valence-corrected chi connectivity index (χ3v) is 7.89. The number of ether oxygens (including phenoxy) is 1. The van der Waals surface area contributed by atoms with E-state index in [1.807, 2.05) is 43.3 Å². The molecular weight excluding hydrogens is 553 g/mol. The Kier molecular flexibility index (Phi) is 9.56. The number of aromatic nitrogens is 2. The molecule has 1 aliphatic heterocycles. The first kappa shape index (κ1) is 30.3. The largest absolute Gasteiger partial charge is 0.491 e. The fraction of sp³-hybridized carbons (Fsp3) is 0.433. The molecule has 0 unspecified atom stereocenters. The van der Waals surface area contributed by atoms with Crippen molar-refractivity contribution < 1.29 is 27.5 Å². The zero-order chi connectivity index (χ0) is 29.7. The molecule has 1 aromatic heterocycles. The van der Waals surface area contributed by atoms with Gasteiger partial charge >= 0.3 is 18.1 Å². The van der Waals surface area contributed by atoms with Gasteiger partial charge in [0.15, 0.2) is 5.82 Å². The second-order valence-corrected chi connectivity index (χ2v) is 11.2. The normalized spacial score (nSPS) is 15.7. The minimum absolute atomic E-state index is 0.335. The van der Waals surface area contributed by atoms with Gasteiger partial charge in [0, 0.05) is 17.7 Å². The van der Waals surface area contributed by atoms with Crippen LogP contribution >= 0.6 is 11.5 Å². The maximum absolute atomic E-state index is 12.6. The molecule has 1 fully saturated rings. The number of hydrogen-bond acceptors (Lipinski definition) is 8. The number of halogens is 3. The van der Waals surface area contributed by atoms with Gasteiger partial charge in [0.2, 0.25) is 0 Å². The Hall–Kier alpha value is -3.62. The molecule has 0 saturated carbocycles. The molecule has 2 aromatic carbocycles. The van der Waals surface area contributed by atoms with Gasteiger partial charge in [-0.1, -0.05) is 51.1 Å². The number of nitrogens with zero attached hydrogens (tertiary/aromatic N) is 4. The lowest BCUT2D eigenvalue weighted by molar-refractivity contribution is -0.203. The van der Waals surface area contributed by atoms with Crippen LogP contribution in [0.5, 0.6) is 0 Å². The van der Waals surface area contributed by atoms with E-state index in [-0.39, 0.29) is 0 Å². The first-order valence-corrected chi connectivity index (χ1v) is 14.3. The van der Waals surface area contributed by atoms with Gasteiger partial charge in [-0.25, -0.2) is 14.6 Å². The van der Waals surface area contributed by atoms with Crippen LogP contribution in [0.3, 0.4) is 0 Å². The average molecular weight is 585 g/mol. The highest BCUT2D eigenvalue weighted by atomic mass is 32.1. The molecule has 0 N–H and O–H groups in total. The van der Waals surface area contributed by atoms with Crippen molar-refractivity contribution in [3.05, 3.63) is 58.7 Å². The Morgan fingerprint density at radius 2 is 2.00 bits per heavy atom. The number of benzene rings is 2. The predicted octanol–water partition coefficient (Wildman–Crippen LogP) is 6.14. The maximum Gasteiger partial charge on any atom is 0.491 e. The highest BCUT2D eigenvalue weighted by Gasteiger charge is 2.44. The molecule has 41 heavy (non-hydrogen) atoms. The molecule has 0 bridgehead atoms. The lowest BCUT2D eigenvalue weighted by Crippen LogP contribution is -2.41. The fourth-order valence-electron chi connectivity index (χ4n) is 5.22. The molecule has 4 rings (SSSR count). The maximum atomic E-state index is 12.6. The summed E-state index contributed by atoms with van der Waals surface area (Å²) in [6.45, 7) is 7.21. The number of carbonyl (C=O) groups is 2. The van der Waals surface area contributed by atoms with Crippen molar-refractivity contribution >= 4 is 23.5 Å². The zero-order valence-electron chi connectivity index (χ0n) is 23.1. The van der Waals surface area contributed by atoms with Gasteiger partial charge in [-0.15, -0.1) is 0 Å². The van der Waals surface area contributed by atoms with E-state index in [1.54, 1.807) is 4.90 Å². The third kappa shape index (κ3) is 7.18. The van der Waals surface area contributed by atoms with Crippen molar-refractivity contribution in [1.29, 1.82) is 5.26 Å². The monoisotopic (exact) mass is 584 g/mol. The summed E-state index contributed by atoms with van der Waals surface area (Å²) in [7, 11) is 0. The van der Waals surface area contributed by atoms with E-state index in [0.717, 1.165) is 34.2 Å². The number of carbonyl (C=O) groups excluding carboxylic acids is 2. The predicted molar refractivity (Wildman–Crippen MR) is 149 cm³/mol.